The number of aliphatic hydroxyl groups excluding tert-OH is 1. The summed E-state index contributed by atoms with van der Waals surface area (Å²) >= 11 is 0. The van der Waals surface area contributed by atoms with E-state index in [0.717, 1.165) is 109 Å². The first kappa shape index (κ1) is 66.9. The lowest BCUT2D eigenvalue weighted by Gasteiger charge is -2.21. The topological polar surface area (TPSA) is 155 Å². The van der Waals surface area contributed by atoms with Gasteiger partial charge < -0.3 is 24.2 Å². The molecule has 0 aromatic carbocycles. The molecule has 0 saturated heterocycles. The Morgan fingerprint density at radius 1 is 0.414 bits per heavy atom. The van der Waals surface area contributed by atoms with Crippen LogP contribution >= 0.6 is 7.82 Å². The van der Waals surface area contributed by atoms with Gasteiger partial charge in [-0.1, -0.05) is 209 Å². The van der Waals surface area contributed by atoms with E-state index in [2.05, 4.69) is 93.7 Å². The molecule has 0 heterocycles. The second kappa shape index (κ2) is 52.2. The molecule has 0 amide bonds. The van der Waals surface area contributed by atoms with Gasteiger partial charge in [-0.05, 0) is 83.5 Å². The van der Waals surface area contributed by atoms with Gasteiger partial charge in [0.25, 0.3) is 0 Å². The molecule has 0 aromatic rings. The number of unbranched alkanes of at least 4 members (excludes halogenated alkanes) is 22. The van der Waals surface area contributed by atoms with Crippen molar-refractivity contribution < 1.29 is 52.2 Å². The Morgan fingerprint density at radius 2 is 0.771 bits per heavy atom. The monoisotopic (exact) mass is 1000 g/mol. The molecule has 0 saturated carbocycles. The summed E-state index contributed by atoms with van der Waals surface area (Å²) in [6.07, 6.45) is 57.2. The van der Waals surface area contributed by atoms with Crippen molar-refractivity contribution in [1.82, 2.24) is 0 Å². The minimum Gasteiger partial charge on any atom is -0.462 e. The van der Waals surface area contributed by atoms with Crippen LogP contribution in [0.4, 0.5) is 0 Å². The van der Waals surface area contributed by atoms with Crippen molar-refractivity contribution in [2.45, 2.75) is 251 Å². The van der Waals surface area contributed by atoms with Gasteiger partial charge in [0.05, 0.1) is 19.8 Å². The van der Waals surface area contributed by atoms with E-state index in [1.807, 2.05) is 0 Å². The fourth-order valence-electron chi connectivity index (χ4n) is 7.38. The third-order valence-corrected chi connectivity index (χ3v) is 12.5. The molecule has 0 fully saturated rings. The largest absolute Gasteiger partial charge is 0.472 e. The first-order valence-corrected chi connectivity index (χ1v) is 29.3. The van der Waals surface area contributed by atoms with Crippen molar-refractivity contribution in [3.05, 3.63) is 72.9 Å². The van der Waals surface area contributed by atoms with Crippen molar-refractivity contribution in [2.24, 2.45) is 0 Å². The van der Waals surface area contributed by atoms with Gasteiger partial charge in [0.1, 0.15) is 12.7 Å². The van der Waals surface area contributed by atoms with E-state index in [-0.39, 0.29) is 25.9 Å². The van der Waals surface area contributed by atoms with E-state index in [4.69, 9.17) is 23.3 Å². The summed E-state index contributed by atoms with van der Waals surface area (Å²) in [5.41, 5.74) is 0. The van der Waals surface area contributed by atoms with Crippen molar-refractivity contribution in [3.63, 3.8) is 0 Å². The lowest BCUT2D eigenvalue weighted by Crippen LogP contribution is -2.30. The predicted octanol–water partition coefficient (Wildman–Crippen LogP) is 16.1. The zero-order chi connectivity index (χ0) is 51.3. The van der Waals surface area contributed by atoms with Crippen LogP contribution in [0.1, 0.15) is 239 Å². The van der Waals surface area contributed by atoms with Gasteiger partial charge in [-0.2, -0.15) is 0 Å². The average Bonchev–Trinajstić information content (AvgIpc) is 3.35. The van der Waals surface area contributed by atoms with Gasteiger partial charge in [-0.15, -0.1) is 0 Å². The minimum absolute atomic E-state index is 0.114. The Kier molecular flexibility index (Phi) is 50.0. The maximum absolute atomic E-state index is 12.9. The molecule has 404 valence electrons. The maximum Gasteiger partial charge on any atom is 0.472 e. The van der Waals surface area contributed by atoms with Gasteiger partial charge in [0.2, 0.25) is 0 Å². The molecule has 0 rings (SSSR count). The number of aliphatic hydroxyl groups is 1. The van der Waals surface area contributed by atoms with Crippen LogP contribution in [0, 0.1) is 0 Å². The molecule has 0 aromatic heterocycles. The van der Waals surface area contributed by atoms with Crippen molar-refractivity contribution in [2.75, 3.05) is 26.4 Å². The first-order chi connectivity index (χ1) is 34.2. The zero-order valence-electron chi connectivity index (χ0n) is 44.5. The SMILES string of the molecule is CC/C=C\C/C=C\C/C=C\C/C=C\CCCCC(=O)OC(COC(=O)CCCCCCCCCCCCCCCCC)COP(=O)(O)OCC(CO)OC(=O)CCCCCCC/C=C\C/C=C\CCC. The number of phosphoric ester groups is 1. The van der Waals surface area contributed by atoms with E-state index in [1.54, 1.807) is 0 Å². The number of hydrogen-bond acceptors (Lipinski definition) is 10. The van der Waals surface area contributed by atoms with E-state index in [1.165, 1.54) is 70.6 Å². The number of ether oxygens (including phenoxy) is 3. The molecule has 3 unspecified atom stereocenters. The van der Waals surface area contributed by atoms with Gasteiger partial charge in [-0.25, -0.2) is 4.57 Å². The molecule has 2 N–H and O–H groups in total. The Morgan fingerprint density at radius 3 is 1.23 bits per heavy atom. The van der Waals surface area contributed by atoms with E-state index < -0.39 is 57.8 Å². The third kappa shape index (κ3) is 49.9. The van der Waals surface area contributed by atoms with E-state index >= 15 is 0 Å². The highest BCUT2D eigenvalue weighted by Crippen LogP contribution is 2.43. The minimum atomic E-state index is -4.76. The summed E-state index contributed by atoms with van der Waals surface area (Å²) in [5.74, 6) is -1.53. The number of hydrogen-bond donors (Lipinski definition) is 2. The van der Waals surface area contributed by atoms with E-state index in [0.29, 0.717) is 19.3 Å². The summed E-state index contributed by atoms with van der Waals surface area (Å²) in [6, 6.07) is 0. The van der Waals surface area contributed by atoms with Crippen LogP contribution in [0.5, 0.6) is 0 Å². The maximum atomic E-state index is 12.9. The lowest BCUT2D eigenvalue weighted by molar-refractivity contribution is -0.161. The summed E-state index contributed by atoms with van der Waals surface area (Å²) in [5, 5.41) is 9.79. The predicted molar refractivity (Wildman–Crippen MR) is 288 cm³/mol. The average molecular weight is 1010 g/mol. The summed E-state index contributed by atoms with van der Waals surface area (Å²) < 4.78 is 39.4. The molecule has 12 heteroatoms. The lowest BCUT2D eigenvalue weighted by atomic mass is 10.0. The highest BCUT2D eigenvalue weighted by atomic mass is 31.2. The molecule has 11 nitrogen and oxygen atoms in total. The molecule has 0 spiro atoms. The van der Waals surface area contributed by atoms with Gasteiger partial charge in [0, 0.05) is 19.3 Å². The van der Waals surface area contributed by atoms with Crippen LogP contribution in [0.3, 0.4) is 0 Å². The molecule has 0 radical (unpaired) electrons. The highest BCUT2D eigenvalue weighted by Gasteiger charge is 2.28. The number of esters is 3. The molecular weight excluding hydrogens is 904 g/mol. The van der Waals surface area contributed by atoms with Crippen LogP contribution in [-0.2, 0) is 42.2 Å². The highest BCUT2D eigenvalue weighted by molar-refractivity contribution is 7.47. The van der Waals surface area contributed by atoms with Crippen molar-refractivity contribution in [1.29, 1.82) is 0 Å². The van der Waals surface area contributed by atoms with Crippen LogP contribution in [0.25, 0.3) is 0 Å². The van der Waals surface area contributed by atoms with Gasteiger partial charge in [0.15, 0.2) is 6.10 Å². The smallest absolute Gasteiger partial charge is 0.462 e. The molecule has 0 bridgehead atoms. The number of rotatable bonds is 51. The summed E-state index contributed by atoms with van der Waals surface area (Å²) in [7, 11) is -4.76. The third-order valence-electron chi connectivity index (χ3n) is 11.6. The van der Waals surface area contributed by atoms with Crippen LogP contribution in [0.15, 0.2) is 72.9 Å². The summed E-state index contributed by atoms with van der Waals surface area (Å²) in [6.45, 7) is 4.41. The van der Waals surface area contributed by atoms with Crippen LogP contribution < -0.4 is 0 Å². The second-order valence-electron chi connectivity index (χ2n) is 18.4. The van der Waals surface area contributed by atoms with Crippen molar-refractivity contribution >= 4 is 25.7 Å². The molecule has 3 atom stereocenters. The van der Waals surface area contributed by atoms with Gasteiger partial charge >= 0.3 is 25.7 Å². The Labute approximate surface area is 427 Å². The second-order valence-corrected chi connectivity index (χ2v) is 19.8. The summed E-state index contributed by atoms with van der Waals surface area (Å²) in [4.78, 5) is 48.4. The first-order valence-electron chi connectivity index (χ1n) is 27.8. The van der Waals surface area contributed by atoms with Crippen LogP contribution in [-0.4, -0.2) is 66.5 Å². The van der Waals surface area contributed by atoms with E-state index in [9.17, 15) is 28.9 Å². The number of allylic oxidation sites excluding steroid dienone is 12. The molecule has 0 aliphatic rings. The normalized spacial score (nSPS) is 14.0. The number of carbonyl (C=O) groups is 3. The standard InChI is InChI=1S/C58H101O11P/c1-4-7-10-13-16-19-22-25-27-30-32-35-38-41-44-47-56(60)65-51-55(69-58(62)49-46-43-40-37-34-31-28-26-23-20-17-14-11-8-5-2)53-67-70(63,64)66-52-54(50-59)68-57(61)48-45-42-39-36-33-29-24-21-18-15-12-9-6-3/h8,11-12,15,17,20-21,24,26,28,34,37,54-55,59H,4-7,9-10,13-14,16,18-19,22-23,25,27,29-33,35-36,38-53H2,1-3H3,(H,63,64)/b11-8-,15-12-,20-17-,24-21-,28-26-,37-34-. The van der Waals surface area contributed by atoms with Crippen LogP contribution in [0.2, 0.25) is 0 Å². The zero-order valence-corrected chi connectivity index (χ0v) is 45.4. The molecule has 0 aliphatic heterocycles. The quantitative estimate of drug-likeness (QED) is 0.0197. The molecular formula is C58H101O11P. The Hall–Kier alpha value is -3.08. The Bertz CT molecular complexity index is 1450. The number of phosphoric acid groups is 1. The van der Waals surface area contributed by atoms with Crippen molar-refractivity contribution in [3.8, 4) is 0 Å². The van der Waals surface area contributed by atoms with Gasteiger partial charge in [-0.3, -0.25) is 23.4 Å². The fraction of sp³-hybridized carbons (Fsp3) is 0.741. The number of carbonyl (C=O) groups excluding carboxylic acids is 3. The fourth-order valence-corrected chi connectivity index (χ4v) is 8.17. The molecule has 70 heavy (non-hydrogen) atoms. The molecule has 0 aliphatic carbocycles. The Balaban J connectivity index is 4.79.